The van der Waals surface area contributed by atoms with Gasteiger partial charge in [0.25, 0.3) is 0 Å². The lowest BCUT2D eigenvalue weighted by Gasteiger charge is -2.29. The molecule has 16 heavy (non-hydrogen) atoms. The van der Waals surface area contributed by atoms with Crippen molar-refractivity contribution >= 4 is 17.4 Å². The van der Waals surface area contributed by atoms with Crippen LogP contribution in [0.15, 0.2) is 0 Å². The van der Waals surface area contributed by atoms with Crippen molar-refractivity contribution in [3.63, 3.8) is 0 Å². The summed E-state index contributed by atoms with van der Waals surface area (Å²) in [6.45, 7) is 11.2. The Labute approximate surface area is 103 Å². The van der Waals surface area contributed by atoms with Crippen LogP contribution in [0.3, 0.4) is 0 Å². The zero-order chi connectivity index (χ0) is 12.3. The van der Waals surface area contributed by atoms with E-state index in [0.29, 0.717) is 11.2 Å². The summed E-state index contributed by atoms with van der Waals surface area (Å²) in [7, 11) is 0. The van der Waals surface area contributed by atoms with E-state index in [1.54, 1.807) is 0 Å². The lowest BCUT2D eigenvalue weighted by atomic mass is 10.2. The van der Waals surface area contributed by atoms with E-state index < -0.39 is 0 Å². The molecule has 0 aromatic carbocycles. The topological polar surface area (TPSA) is 29.0 Å². The minimum Gasteiger partial charge on any atom is -0.352 e. The molecular formula is C12H20ClN3. The predicted octanol–water partition coefficient (Wildman–Crippen LogP) is 3.37. The van der Waals surface area contributed by atoms with Crippen LogP contribution in [0.1, 0.15) is 38.6 Å². The normalized spacial score (nSPS) is 12.6. The average Bonchev–Trinajstić information content (AvgIpc) is 2.26. The summed E-state index contributed by atoms with van der Waals surface area (Å²) in [4.78, 5) is 11.1. The molecule has 1 unspecified atom stereocenters. The molecule has 1 rings (SSSR count). The molecule has 0 saturated heterocycles. The molecular weight excluding hydrogens is 222 g/mol. The van der Waals surface area contributed by atoms with E-state index in [2.05, 4.69) is 35.6 Å². The summed E-state index contributed by atoms with van der Waals surface area (Å²) >= 11 is 6.16. The molecule has 0 aliphatic rings. The molecule has 0 amide bonds. The van der Waals surface area contributed by atoms with Crippen LogP contribution in [0, 0.1) is 13.8 Å². The van der Waals surface area contributed by atoms with E-state index in [1.807, 2.05) is 13.8 Å². The highest BCUT2D eigenvalue weighted by molar-refractivity contribution is 6.31. The smallest absolute Gasteiger partial charge is 0.171 e. The number of anilines is 1. The third-order valence-corrected chi connectivity index (χ3v) is 3.24. The first-order valence-corrected chi connectivity index (χ1v) is 6.16. The third kappa shape index (κ3) is 2.64. The van der Waals surface area contributed by atoms with Crippen LogP contribution in [-0.2, 0) is 0 Å². The second-order valence-corrected chi connectivity index (χ2v) is 4.41. The Morgan fingerprint density at radius 3 is 2.25 bits per heavy atom. The molecule has 0 N–H and O–H groups in total. The molecule has 0 radical (unpaired) electrons. The van der Waals surface area contributed by atoms with E-state index in [-0.39, 0.29) is 0 Å². The third-order valence-electron chi connectivity index (χ3n) is 2.98. The summed E-state index contributed by atoms with van der Waals surface area (Å²) in [5, 5.41) is 0.505. The molecule has 0 fully saturated rings. The summed E-state index contributed by atoms with van der Waals surface area (Å²) < 4.78 is 0. The Kier molecular flexibility index (Phi) is 4.54. The number of hydrogen-bond donors (Lipinski definition) is 0. The first-order valence-electron chi connectivity index (χ1n) is 5.78. The maximum Gasteiger partial charge on any atom is 0.171 e. The summed E-state index contributed by atoms with van der Waals surface area (Å²) in [5.41, 5.74) is 1.84. The van der Waals surface area contributed by atoms with Gasteiger partial charge in [0.2, 0.25) is 0 Å². The number of hydrogen-bond acceptors (Lipinski definition) is 3. The van der Waals surface area contributed by atoms with Gasteiger partial charge in [-0.1, -0.05) is 18.5 Å². The van der Waals surface area contributed by atoms with E-state index in [1.165, 1.54) is 0 Å². The van der Waals surface area contributed by atoms with Crippen molar-refractivity contribution in [2.75, 3.05) is 11.4 Å². The van der Waals surface area contributed by atoms with E-state index >= 15 is 0 Å². The molecule has 0 saturated carbocycles. The standard InChI is InChI=1S/C12H20ClN3/c1-6-8(3)16(7-2)12-11(13)14-9(4)10(5)15-12/h8H,6-7H2,1-5H3. The van der Waals surface area contributed by atoms with Crippen LogP contribution in [0.25, 0.3) is 0 Å². The summed E-state index contributed by atoms with van der Waals surface area (Å²) in [6, 6.07) is 0.430. The fourth-order valence-electron chi connectivity index (χ4n) is 1.64. The van der Waals surface area contributed by atoms with E-state index in [9.17, 15) is 0 Å². The Bertz CT molecular complexity index is 366. The van der Waals surface area contributed by atoms with Crippen LogP contribution in [0.4, 0.5) is 5.82 Å². The van der Waals surface area contributed by atoms with Gasteiger partial charge in [0, 0.05) is 12.6 Å². The van der Waals surface area contributed by atoms with Gasteiger partial charge >= 0.3 is 0 Å². The molecule has 1 aromatic rings. The first-order chi connectivity index (χ1) is 7.51. The van der Waals surface area contributed by atoms with Crippen molar-refractivity contribution in [2.24, 2.45) is 0 Å². The van der Waals surface area contributed by atoms with Crippen molar-refractivity contribution < 1.29 is 0 Å². The first kappa shape index (κ1) is 13.2. The van der Waals surface area contributed by atoms with Crippen molar-refractivity contribution in [3.8, 4) is 0 Å². The maximum absolute atomic E-state index is 6.16. The van der Waals surface area contributed by atoms with Crippen molar-refractivity contribution in [1.82, 2.24) is 9.97 Å². The fraction of sp³-hybridized carbons (Fsp3) is 0.667. The Hall–Kier alpha value is -0.830. The van der Waals surface area contributed by atoms with Crippen LogP contribution < -0.4 is 4.90 Å². The largest absolute Gasteiger partial charge is 0.352 e. The van der Waals surface area contributed by atoms with Crippen molar-refractivity contribution in [3.05, 3.63) is 16.5 Å². The second-order valence-electron chi connectivity index (χ2n) is 4.05. The predicted molar refractivity (Wildman–Crippen MR) is 69.3 cm³/mol. The molecule has 3 nitrogen and oxygen atoms in total. The molecule has 1 aromatic heterocycles. The fourth-order valence-corrected chi connectivity index (χ4v) is 1.91. The quantitative estimate of drug-likeness (QED) is 0.809. The number of nitrogens with zero attached hydrogens (tertiary/aromatic N) is 3. The van der Waals surface area contributed by atoms with Gasteiger partial charge in [-0.2, -0.15) is 0 Å². The molecule has 0 aliphatic carbocycles. The Balaban J connectivity index is 3.15. The van der Waals surface area contributed by atoms with Crippen molar-refractivity contribution in [2.45, 2.75) is 47.1 Å². The average molecular weight is 242 g/mol. The van der Waals surface area contributed by atoms with Crippen LogP contribution >= 0.6 is 11.6 Å². The highest BCUT2D eigenvalue weighted by Gasteiger charge is 2.17. The zero-order valence-electron chi connectivity index (χ0n) is 10.7. The highest BCUT2D eigenvalue weighted by Crippen LogP contribution is 2.25. The molecule has 1 atom stereocenters. The SMILES string of the molecule is CCC(C)N(CC)c1nc(C)c(C)nc1Cl. The van der Waals surface area contributed by atoms with Gasteiger partial charge in [-0.25, -0.2) is 9.97 Å². The molecule has 1 heterocycles. The monoisotopic (exact) mass is 241 g/mol. The Morgan fingerprint density at radius 2 is 1.75 bits per heavy atom. The maximum atomic E-state index is 6.16. The van der Waals surface area contributed by atoms with Crippen LogP contribution in [-0.4, -0.2) is 22.6 Å². The molecule has 0 spiro atoms. The lowest BCUT2D eigenvalue weighted by molar-refractivity contribution is 0.620. The molecule has 90 valence electrons. The highest BCUT2D eigenvalue weighted by atomic mass is 35.5. The second kappa shape index (κ2) is 5.48. The van der Waals surface area contributed by atoms with Gasteiger partial charge in [-0.3, -0.25) is 0 Å². The van der Waals surface area contributed by atoms with Gasteiger partial charge in [0.1, 0.15) is 0 Å². The van der Waals surface area contributed by atoms with E-state index in [4.69, 9.17) is 11.6 Å². The number of aromatic nitrogens is 2. The van der Waals surface area contributed by atoms with E-state index in [0.717, 1.165) is 30.2 Å². The minimum absolute atomic E-state index is 0.430. The summed E-state index contributed by atoms with van der Waals surface area (Å²) in [6.07, 6.45) is 1.07. The van der Waals surface area contributed by atoms with Gasteiger partial charge in [0.15, 0.2) is 11.0 Å². The number of aryl methyl sites for hydroxylation is 2. The van der Waals surface area contributed by atoms with Gasteiger partial charge in [-0.05, 0) is 34.1 Å². The minimum atomic E-state index is 0.430. The number of rotatable bonds is 4. The van der Waals surface area contributed by atoms with Gasteiger partial charge in [0.05, 0.1) is 11.4 Å². The molecule has 0 bridgehead atoms. The molecule has 0 aliphatic heterocycles. The van der Waals surface area contributed by atoms with Crippen LogP contribution in [0.2, 0.25) is 5.15 Å². The van der Waals surface area contributed by atoms with Gasteiger partial charge in [-0.15, -0.1) is 0 Å². The van der Waals surface area contributed by atoms with Crippen LogP contribution in [0.5, 0.6) is 0 Å². The Morgan fingerprint density at radius 1 is 1.19 bits per heavy atom. The summed E-state index contributed by atoms with van der Waals surface area (Å²) in [5.74, 6) is 0.807. The lowest BCUT2D eigenvalue weighted by Crippen LogP contribution is -2.33. The zero-order valence-corrected chi connectivity index (χ0v) is 11.5. The van der Waals surface area contributed by atoms with Crippen molar-refractivity contribution in [1.29, 1.82) is 0 Å². The van der Waals surface area contributed by atoms with Gasteiger partial charge < -0.3 is 4.90 Å². The molecule has 4 heteroatoms. The number of halogens is 1.